The highest BCUT2D eigenvalue weighted by molar-refractivity contribution is 14.1. The van der Waals surface area contributed by atoms with Crippen molar-refractivity contribution in [1.29, 1.82) is 0 Å². The van der Waals surface area contributed by atoms with Gasteiger partial charge in [0.2, 0.25) is 0 Å². The lowest BCUT2D eigenvalue weighted by Gasteiger charge is -2.07. The summed E-state index contributed by atoms with van der Waals surface area (Å²) in [6.07, 6.45) is 0. The van der Waals surface area contributed by atoms with E-state index in [-0.39, 0.29) is 0 Å². The third-order valence-corrected chi connectivity index (χ3v) is 3.96. The standard InChI is InChI=1S/C15H10ClIN2/c1-9-4-2-3-5-11(9)15-18-13-7-6-10(17)8-12(13)14(16)19-15/h2-8H,1H3. The molecular weight excluding hydrogens is 371 g/mol. The maximum atomic E-state index is 6.28. The van der Waals surface area contributed by atoms with Crippen LogP contribution in [0.5, 0.6) is 0 Å². The fourth-order valence-electron chi connectivity index (χ4n) is 2.01. The molecule has 19 heavy (non-hydrogen) atoms. The summed E-state index contributed by atoms with van der Waals surface area (Å²) in [6, 6.07) is 14.0. The lowest BCUT2D eigenvalue weighted by Crippen LogP contribution is -1.94. The van der Waals surface area contributed by atoms with Crippen LogP contribution in [0.4, 0.5) is 0 Å². The van der Waals surface area contributed by atoms with Crippen molar-refractivity contribution in [3.05, 3.63) is 56.8 Å². The fraction of sp³-hybridized carbons (Fsp3) is 0.0667. The Balaban J connectivity index is 2.27. The summed E-state index contributed by atoms with van der Waals surface area (Å²) in [7, 11) is 0. The van der Waals surface area contributed by atoms with Crippen LogP contribution < -0.4 is 0 Å². The zero-order valence-corrected chi connectivity index (χ0v) is 13.1. The lowest BCUT2D eigenvalue weighted by atomic mass is 10.1. The number of benzene rings is 2. The van der Waals surface area contributed by atoms with Crippen LogP contribution in [-0.4, -0.2) is 9.97 Å². The Morgan fingerprint density at radius 2 is 1.84 bits per heavy atom. The van der Waals surface area contributed by atoms with Crippen molar-refractivity contribution in [2.24, 2.45) is 0 Å². The normalized spacial score (nSPS) is 10.9. The van der Waals surface area contributed by atoms with Gasteiger partial charge in [0.25, 0.3) is 0 Å². The van der Waals surface area contributed by atoms with E-state index in [4.69, 9.17) is 11.6 Å². The molecular formula is C15H10ClIN2. The average molecular weight is 381 g/mol. The molecule has 1 aromatic heterocycles. The first-order chi connectivity index (χ1) is 9.15. The maximum absolute atomic E-state index is 6.28. The van der Waals surface area contributed by atoms with Crippen LogP contribution in [0.25, 0.3) is 22.3 Å². The molecule has 3 aromatic rings. The molecule has 0 amide bonds. The quantitative estimate of drug-likeness (QED) is 0.445. The summed E-state index contributed by atoms with van der Waals surface area (Å²) in [4.78, 5) is 9.03. The first-order valence-corrected chi connectivity index (χ1v) is 7.29. The van der Waals surface area contributed by atoms with E-state index < -0.39 is 0 Å². The summed E-state index contributed by atoms with van der Waals surface area (Å²) >= 11 is 8.54. The van der Waals surface area contributed by atoms with E-state index in [9.17, 15) is 0 Å². The van der Waals surface area contributed by atoms with Gasteiger partial charge in [-0.05, 0) is 53.3 Å². The Morgan fingerprint density at radius 3 is 2.63 bits per heavy atom. The lowest BCUT2D eigenvalue weighted by molar-refractivity contribution is 1.21. The number of aryl methyl sites for hydroxylation is 1. The van der Waals surface area contributed by atoms with Crippen LogP contribution in [0.1, 0.15) is 5.56 Å². The minimum absolute atomic E-state index is 0.502. The molecule has 0 aliphatic heterocycles. The zero-order chi connectivity index (χ0) is 13.4. The van der Waals surface area contributed by atoms with E-state index in [1.165, 1.54) is 0 Å². The van der Waals surface area contributed by atoms with Crippen LogP contribution >= 0.6 is 34.2 Å². The van der Waals surface area contributed by atoms with Crippen molar-refractivity contribution in [3.8, 4) is 11.4 Å². The van der Waals surface area contributed by atoms with Crippen LogP contribution in [0, 0.1) is 10.5 Å². The van der Waals surface area contributed by atoms with Gasteiger partial charge in [-0.3, -0.25) is 0 Å². The van der Waals surface area contributed by atoms with Gasteiger partial charge in [0.1, 0.15) is 5.15 Å². The zero-order valence-electron chi connectivity index (χ0n) is 10.2. The van der Waals surface area contributed by atoms with Crippen molar-refractivity contribution in [1.82, 2.24) is 9.97 Å². The topological polar surface area (TPSA) is 25.8 Å². The Bertz CT molecular complexity index is 771. The van der Waals surface area contributed by atoms with E-state index in [2.05, 4.69) is 32.6 Å². The molecule has 0 fully saturated rings. The number of rotatable bonds is 1. The summed E-state index contributed by atoms with van der Waals surface area (Å²) in [5.41, 5.74) is 3.03. The fourth-order valence-corrected chi connectivity index (χ4v) is 2.73. The average Bonchev–Trinajstić information content (AvgIpc) is 2.40. The molecule has 0 aliphatic carbocycles. The molecule has 0 bridgehead atoms. The van der Waals surface area contributed by atoms with E-state index >= 15 is 0 Å². The number of fused-ring (bicyclic) bond motifs is 1. The second-order valence-corrected chi connectivity index (χ2v) is 5.92. The van der Waals surface area contributed by atoms with Crippen LogP contribution in [0.2, 0.25) is 5.15 Å². The highest BCUT2D eigenvalue weighted by Gasteiger charge is 2.09. The van der Waals surface area contributed by atoms with Gasteiger partial charge in [-0.1, -0.05) is 35.9 Å². The van der Waals surface area contributed by atoms with Gasteiger partial charge in [0.15, 0.2) is 5.82 Å². The molecule has 0 radical (unpaired) electrons. The van der Waals surface area contributed by atoms with E-state index in [1.807, 2.05) is 49.4 Å². The Labute approximate surface area is 130 Å². The number of hydrogen-bond acceptors (Lipinski definition) is 2. The predicted molar refractivity (Wildman–Crippen MR) is 87.4 cm³/mol. The minimum atomic E-state index is 0.502. The SMILES string of the molecule is Cc1ccccc1-c1nc(Cl)c2cc(I)ccc2n1. The maximum Gasteiger partial charge on any atom is 0.161 e. The van der Waals surface area contributed by atoms with Gasteiger partial charge in [-0.15, -0.1) is 0 Å². The monoisotopic (exact) mass is 380 g/mol. The molecule has 2 nitrogen and oxygen atoms in total. The molecule has 1 heterocycles. The second kappa shape index (κ2) is 5.06. The summed E-state index contributed by atoms with van der Waals surface area (Å²) < 4.78 is 1.12. The molecule has 94 valence electrons. The first kappa shape index (κ1) is 12.8. The molecule has 0 aliphatic rings. The Hall–Kier alpha value is -1.20. The van der Waals surface area contributed by atoms with Crippen molar-refractivity contribution in [2.45, 2.75) is 6.92 Å². The smallest absolute Gasteiger partial charge is 0.161 e. The highest BCUT2D eigenvalue weighted by atomic mass is 127. The van der Waals surface area contributed by atoms with Gasteiger partial charge in [-0.2, -0.15) is 0 Å². The van der Waals surface area contributed by atoms with Gasteiger partial charge < -0.3 is 0 Å². The van der Waals surface area contributed by atoms with Gasteiger partial charge in [0, 0.05) is 14.5 Å². The largest absolute Gasteiger partial charge is 0.228 e. The molecule has 0 N–H and O–H groups in total. The van der Waals surface area contributed by atoms with Crippen molar-refractivity contribution in [3.63, 3.8) is 0 Å². The van der Waals surface area contributed by atoms with Gasteiger partial charge >= 0.3 is 0 Å². The molecule has 3 rings (SSSR count). The van der Waals surface area contributed by atoms with Crippen LogP contribution in [0.3, 0.4) is 0 Å². The van der Waals surface area contributed by atoms with Crippen molar-refractivity contribution < 1.29 is 0 Å². The number of hydrogen-bond donors (Lipinski definition) is 0. The molecule has 0 unspecified atom stereocenters. The van der Waals surface area contributed by atoms with Gasteiger partial charge in [-0.25, -0.2) is 9.97 Å². The van der Waals surface area contributed by atoms with E-state index in [0.717, 1.165) is 25.6 Å². The van der Waals surface area contributed by atoms with Crippen molar-refractivity contribution in [2.75, 3.05) is 0 Å². The summed E-state index contributed by atoms with van der Waals surface area (Å²) in [5.74, 6) is 0.678. The molecule has 2 aromatic carbocycles. The predicted octanol–water partition coefficient (Wildman–Crippen LogP) is 4.86. The van der Waals surface area contributed by atoms with Crippen LogP contribution in [0.15, 0.2) is 42.5 Å². The Morgan fingerprint density at radius 1 is 1.05 bits per heavy atom. The van der Waals surface area contributed by atoms with Crippen molar-refractivity contribution >= 4 is 45.1 Å². The Kier molecular flexibility index (Phi) is 3.41. The number of halogens is 2. The van der Waals surface area contributed by atoms with Gasteiger partial charge in [0.05, 0.1) is 5.52 Å². The first-order valence-electron chi connectivity index (χ1n) is 5.84. The molecule has 0 saturated heterocycles. The molecule has 4 heteroatoms. The molecule has 0 atom stereocenters. The highest BCUT2D eigenvalue weighted by Crippen LogP contribution is 2.27. The summed E-state index contributed by atoms with van der Waals surface area (Å²) in [6.45, 7) is 2.05. The van der Waals surface area contributed by atoms with E-state index in [1.54, 1.807) is 0 Å². The van der Waals surface area contributed by atoms with Crippen LogP contribution in [-0.2, 0) is 0 Å². The summed E-state index contributed by atoms with van der Waals surface area (Å²) in [5, 5.41) is 1.40. The molecule has 0 saturated carbocycles. The third-order valence-electron chi connectivity index (χ3n) is 3.00. The number of nitrogens with zero attached hydrogens (tertiary/aromatic N) is 2. The second-order valence-electron chi connectivity index (χ2n) is 4.31. The minimum Gasteiger partial charge on any atom is -0.228 e. The molecule has 0 spiro atoms. The number of aromatic nitrogens is 2. The third kappa shape index (κ3) is 2.44. The van der Waals surface area contributed by atoms with E-state index in [0.29, 0.717) is 11.0 Å².